The van der Waals surface area contributed by atoms with Crippen molar-refractivity contribution in [3.8, 4) is 0 Å². The number of nitrogens with one attached hydrogen (secondary N) is 1. The highest BCUT2D eigenvalue weighted by molar-refractivity contribution is 5.28. The van der Waals surface area contributed by atoms with Crippen LogP contribution in [0.15, 0.2) is 12.3 Å². The lowest BCUT2D eigenvalue weighted by Gasteiger charge is -2.27. The second-order valence-electron chi connectivity index (χ2n) is 4.59. The highest BCUT2D eigenvalue weighted by Crippen LogP contribution is 2.14. The van der Waals surface area contributed by atoms with Crippen molar-refractivity contribution in [3.05, 3.63) is 18.0 Å². The number of rotatable bonds is 3. The molecule has 1 aromatic rings. The third-order valence-electron chi connectivity index (χ3n) is 3.05. The van der Waals surface area contributed by atoms with Gasteiger partial charge in [-0.3, -0.25) is 0 Å². The van der Waals surface area contributed by atoms with E-state index in [2.05, 4.69) is 27.2 Å². The summed E-state index contributed by atoms with van der Waals surface area (Å²) in [6.07, 6.45) is 4.42. The molecule has 1 aromatic heterocycles. The van der Waals surface area contributed by atoms with Gasteiger partial charge in [-0.25, -0.2) is 9.97 Å². The van der Waals surface area contributed by atoms with E-state index in [1.165, 1.54) is 19.4 Å². The fourth-order valence-electron chi connectivity index (χ4n) is 2.17. The Morgan fingerprint density at radius 3 is 3.12 bits per heavy atom. The van der Waals surface area contributed by atoms with Crippen molar-refractivity contribution in [2.45, 2.75) is 19.8 Å². The molecule has 1 saturated heterocycles. The van der Waals surface area contributed by atoms with Crippen LogP contribution in [0, 0.1) is 12.8 Å². The highest BCUT2D eigenvalue weighted by atomic mass is 15.2. The average Bonchev–Trinajstić information content (AvgIpc) is 2.30. The molecule has 1 atom stereocenters. The van der Waals surface area contributed by atoms with Gasteiger partial charge in [0.2, 0.25) is 5.95 Å². The van der Waals surface area contributed by atoms with Crippen molar-refractivity contribution in [1.82, 2.24) is 15.3 Å². The Balaban J connectivity index is 1.94. The van der Waals surface area contributed by atoms with Crippen molar-refractivity contribution in [1.29, 1.82) is 0 Å². The molecular formula is C12H20N4. The normalized spacial score (nSPS) is 20.8. The zero-order valence-electron chi connectivity index (χ0n) is 10.1. The molecule has 0 aliphatic carbocycles. The predicted octanol–water partition coefficient (Wildman–Crippen LogP) is 1.22. The molecule has 1 aliphatic rings. The summed E-state index contributed by atoms with van der Waals surface area (Å²) in [7, 11) is 2.07. The molecule has 2 heterocycles. The van der Waals surface area contributed by atoms with Crippen molar-refractivity contribution in [2.24, 2.45) is 5.92 Å². The summed E-state index contributed by atoms with van der Waals surface area (Å²) in [4.78, 5) is 10.9. The maximum absolute atomic E-state index is 4.43. The van der Waals surface area contributed by atoms with Crippen LogP contribution in [0.5, 0.6) is 0 Å². The second kappa shape index (κ2) is 5.25. The Hall–Kier alpha value is -1.16. The lowest BCUT2D eigenvalue weighted by molar-refractivity contribution is 0.380. The first kappa shape index (κ1) is 11.3. The first-order chi connectivity index (χ1) is 7.75. The molecule has 2 rings (SSSR count). The molecule has 1 N–H and O–H groups in total. The van der Waals surface area contributed by atoms with Crippen molar-refractivity contribution in [3.63, 3.8) is 0 Å². The van der Waals surface area contributed by atoms with Gasteiger partial charge in [0.1, 0.15) is 0 Å². The highest BCUT2D eigenvalue weighted by Gasteiger charge is 2.16. The van der Waals surface area contributed by atoms with Crippen LogP contribution in [-0.4, -0.2) is 36.6 Å². The van der Waals surface area contributed by atoms with Gasteiger partial charge >= 0.3 is 0 Å². The Kier molecular flexibility index (Phi) is 3.72. The van der Waals surface area contributed by atoms with Gasteiger partial charge in [0.25, 0.3) is 0 Å². The molecular weight excluding hydrogens is 200 g/mol. The Morgan fingerprint density at radius 1 is 1.56 bits per heavy atom. The number of nitrogens with zero attached hydrogens (tertiary/aromatic N) is 3. The largest absolute Gasteiger partial charge is 0.344 e. The van der Waals surface area contributed by atoms with Crippen LogP contribution < -0.4 is 10.2 Å². The molecule has 4 heteroatoms. The molecule has 0 aromatic carbocycles. The molecule has 88 valence electrons. The summed E-state index contributed by atoms with van der Waals surface area (Å²) in [5.41, 5.74) is 1.03. The van der Waals surface area contributed by atoms with Gasteiger partial charge in [-0.05, 0) is 44.8 Å². The van der Waals surface area contributed by atoms with E-state index >= 15 is 0 Å². The summed E-state index contributed by atoms with van der Waals surface area (Å²) >= 11 is 0. The van der Waals surface area contributed by atoms with Gasteiger partial charge in [0.15, 0.2) is 0 Å². The zero-order chi connectivity index (χ0) is 11.4. The molecule has 1 aliphatic heterocycles. The fraction of sp³-hybridized carbons (Fsp3) is 0.667. The molecule has 4 nitrogen and oxygen atoms in total. The SMILES string of the molecule is Cc1ccnc(N(C)CC2CCCNC2)n1. The van der Waals surface area contributed by atoms with E-state index in [1.54, 1.807) is 0 Å². The number of hydrogen-bond acceptors (Lipinski definition) is 4. The van der Waals surface area contributed by atoms with Gasteiger partial charge in [-0.15, -0.1) is 0 Å². The summed E-state index contributed by atoms with van der Waals surface area (Å²) < 4.78 is 0. The van der Waals surface area contributed by atoms with Crippen LogP contribution in [-0.2, 0) is 0 Å². The van der Waals surface area contributed by atoms with Gasteiger partial charge < -0.3 is 10.2 Å². The maximum Gasteiger partial charge on any atom is 0.225 e. The quantitative estimate of drug-likeness (QED) is 0.831. The van der Waals surface area contributed by atoms with Gasteiger partial charge in [0.05, 0.1) is 0 Å². The van der Waals surface area contributed by atoms with Gasteiger partial charge in [-0.1, -0.05) is 0 Å². The predicted molar refractivity (Wildman–Crippen MR) is 65.6 cm³/mol. The number of piperidine rings is 1. The number of aryl methyl sites for hydroxylation is 1. The van der Waals surface area contributed by atoms with E-state index < -0.39 is 0 Å². The molecule has 0 saturated carbocycles. The van der Waals surface area contributed by atoms with Gasteiger partial charge in [-0.2, -0.15) is 0 Å². The van der Waals surface area contributed by atoms with Crippen LogP contribution in [0.2, 0.25) is 0 Å². The van der Waals surface area contributed by atoms with Crippen LogP contribution >= 0.6 is 0 Å². The molecule has 0 spiro atoms. The van der Waals surface area contributed by atoms with Crippen LogP contribution in [0.25, 0.3) is 0 Å². The number of hydrogen-bond donors (Lipinski definition) is 1. The third-order valence-corrected chi connectivity index (χ3v) is 3.05. The smallest absolute Gasteiger partial charge is 0.225 e. The van der Waals surface area contributed by atoms with E-state index in [0.29, 0.717) is 0 Å². The Bertz CT molecular complexity index is 334. The lowest BCUT2D eigenvalue weighted by atomic mass is 9.99. The molecule has 1 fully saturated rings. The number of anilines is 1. The molecule has 16 heavy (non-hydrogen) atoms. The van der Waals surface area contributed by atoms with Crippen molar-refractivity contribution >= 4 is 5.95 Å². The minimum atomic E-state index is 0.725. The monoisotopic (exact) mass is 220 g/mol. The summed E-state index contributed by atoms with van der Waals surface area (Å²) in [5, 5.41) is 3.44. The topological polar surface area (TPSA) is 41.1 Å². The lowest BCUT2D eigenvalue weighted by Crippen LogP contribution is -2.37. The molecule has 1 unspecified atom stereocenters. The van der Waals surface area contributed by atoms with E-state index in [-0.39, 0.29) is 0 Å². The Labute approximate surface area is 97.1 Å². The molecule has 0 bridgehead atoms. The standard InChI is InChI=1S/C12H20N4/c1-10-5-7-14-12(15-10)16(2)9-11-4-3-6-13-8-11/h5,7,11,13H,3-4,6,8-9H2,1-2H3. The average molecular weight is 220 g/mol. The molecule has 0 radical (unpaired) electrons. The van der Waals surface area contributed by atoms with E-state index in [1.807, 2.05) is 19.2 Å². The molecule has 0 amide bonds. The summed E-state index contributed by atoms with van der Waals surface area (Å²) in [5.74, 6) is 1.56. The second-order valence-corrected chi connectivity index (χ2v) is 4.59. The first-order valence-corrected chi connectivity index (χ1v) is 5.97. The van der Waals surface area contributed by atoms with Crippen LogP contribution in [0.1, 0.15) is 18.5 Å². The third kappa shape index (κ3) is 2.92. The van der Waals surface area contributed by atoms with E-state index in [9.17, 15) is 0 Å². The Morgan fingerprint density at radius 2 is 2.44 bits per heavy atom. The number of aromatic nitrogens is 2. The van der Waals surface area contributed by atoms with E-state index in [4.69, 9.17) is 0 Å². The van der Waals surface area contributed by atoms with Crippen molar-refractivity contribution in [2.75, 3.05) is 31.6 Å². The maximum atomic E-state index is 4.43. The minimum Gasteiger partial charge on any atom is -0.344 e. The zero-order valence-corrected chi connectivity index (χ0v) is 10.1. The van der Waals surface area contributed by atoms with Crippen molar-refractivity contribution < 1.29 is 0 Å². The van der Waals surface area contributed by atoms with Gasteiger partial charge in [0, 0.05) is 25.5 Å². The van der Waals surface area contributed by atoms with Crippen LogP contribution in [0.3, 0.4) is 0 Å². The summed E-state index contributed by atoms with van der Waals surface area (Å²) in [6.45, 7) is 5.33. The van der Waals surface area contributed by atoms with E-state index in [0.717, 1.165) is 30.6 Å². The minimum absolute atomic E-state index is 0.725. The van der Waals surface area contributed by atoms with Crippen LogP contribution in [0.4, 0.5) is 5.95 Å². The first-order valence-electron chi connectivity index (χ1n) is 5.97. The summed E-state index contributed by atoms with van der Waals surface area (Å²) in [6, 6.07) is 1.93. The fourth-order valence-corrected chi connectivity index (χ4v) is 2.17.